The highest BCUT2D eigenvalue weighted by molar-refractivity contribution is 7.80. The molecule has 1 radical (unpaired) electrons. The second-order valence-electron chi connectivity index (χ2n) is 1.95. The Morgan fingerprint density at radius 3 is 1.33 bits per heavy atom. The minimum Gasteiger partial charge on any atom is -0.0905 e. The lowest BCUT2D eigenvalue weighted by Crippen LogP contribution is -1.99. The van der Waals surface area contributed by atoms with E-state index in [9.17, 15) is 0 Å². The van der Waals surface area contributed by atoms with Gasteiger partial charge in [0, 0.05) is 5.25 Å². The molecule has 0 amide bonds. The molecular weight excluding hydrogens is 92.1 g/mol. The number of hydrogen-bond acceptors (Lipinski definition) is 0. The largest absolute Gasteiger partial charge is 0.0905 e. The van der Waals surface area contributed by atoms with E-state index in [2.05, 4.69) is 20.8 Å². The normalized spacial score (nSPS) is 15.5. The first-order valence-corrected chi connectivity index (χ1v) is 2.77. The summed E-state index contributed by atoms with van der Waals surface area (Å²) in [6, 6.07) is 0. The molecule has 0 saturated heterocycles. The number of hydrogen-bond donors (Lipinski definition) is 0. The Labute approximate surface area is 45.4 Å². The summed E-state index contributed by atoms with van der Waals surface area (Å²) < 4.78 is 0. The van der Waals surface area contributed by atoms with Crippen LogP contribution in [0.4, 0.5) is 0 Å². The van der Waals surface area contributed by atoms with Gasteiger partial charge in [0.05, 0.1) is 0 Å². The molecule has 0 bridgehead atoms. The van der Waals surface area contributed by atoms with Gasteiger partial charge in [-0.25, -0.2) is 0 Å². The minimum absolute atomic E-state index is 0.435. The fourth-order valence-electron chi connectivity index (χ4n) is 0. The Morgan fingerprint density at radius 1 is 1.17 bits per heavy atom. The van der Waals surface area contributed by atoms with Gasteiger partial charge in [-0.15, -0.1) is 0 Å². The van der Waals surface area contributed by atoms with Crippen molar-refractivity contribution in [3.8, 4) is 0 Å². The molecule has 6 heavy (non-hydrogen) atoms. The maximum absolute atomic E-state index is 4.90. The van der Waals surface area contributed by atoms with Gasteiger partial charge in [0.25, 0.3) is 0 Å². The third-order valence-electron chi connectivity index (χ3n) is 0.939. The van der Waals surface area contributed by atoms with Crippen molar-refractivity contribution < 1.29 is 0 Å². The van der Waals surface area contributed by atoms with Crippen LogP contribution in [-0.4, -0.2) is 5.25 Å². The van der Waals surface area contributed by atoms with Crippen LogP contribution in [0.2, 0.25) is 0 Å². The molecule has 0 nitrogen and oxygen atoms in total. The Hall–Kier alpha value is 0.350. The third kappa shape index (κ3) is 2.58. The van der Waals surface area contributed by atoms with Gasteiger partial charge in [0.2, 0.25) is 0 Å². The van der Waals surface area contributed by atoms with Crippen LogP contribution in [-0.2, 0) is 0 Å². The van der Waals surface area contributed by atoms with E-state index in [0.717, 1.165) is 0 Å². The Kier molecular flexibility index (Phi) is 2.66. The summed E-state index contributed by atoms with van der Waals surface area (Å²) in [5.41, 5.74) is 0. The van der Waals surface area contributed by atoms with Crippen molar-refractivity contribution in [2.75, 3.05) is 0 Å². The van der Waals surface area contributed by atoms with E-state index in [1.165, 1.54) is 0 Å². The second-order valence-corrected chi connectivity index (χ2v) is 2.69. The minimum atomic E-state index is 0.435. The van der Waals surface area contributed by atoms with E-state index < -0.39 is 0 Å². The predicted octanol–water partition coefficient (Wildman–Crippen LogP) is 2.23. The molecule has 0 aromatic rings. The Balaban J connectivity index is 2.99. The first-order valence-electron chi connectivity index (χ1n) is 2.30. The Morgan fingerprint density at radius 2 is 1.33 bits per heavy atom. The molecule has 0 aliphatic heterocycles. The average molecular weight is 103 g/mol. The van der Waals surface area contributed by atoms with Crippen molar-refractivity contribution in [1.82, 2.24) is 0 Å². The lowest BCUT2D eigenvalue weighted by molar-refractivity contribution is 0.646. The molecule has 0 aromatic heterocycles. The van der Waals surface area contributed by atoms with Gasteiger partial charge >= 0.3 is 0 Å². The highest BCUT2D eigenvalue weighted by Crippen LogP contribution is 2.05. The van der Waals surface area contributed by atoms with Crippen LogP contribution in [0.1, 0.15) is 20.8 Å². The molecule has 0 aliphatic rings. The zero-order chi connectivity index (χ0) is 5.15. The molecule has 0 N–H and O–H groups in total. The highest BCUT2D eigenvalue weighted by Gasteiger charge is 1.97. The lowest BCUT2D eigenvalue weighted by Gasteiger charge is -2.03. The van der Waals surface area contributed by atoms with Crippen LogP contribution in [0.3, 0.4) is 0 Å². The highest BCUT2D eigenvalue weighted by atomic mass is 32.1. The topological polar surface area (TPSA) is 0 Å². The summed E-state index contributed by atoms with van der Waals surface area (Å²) in [4.78, 5) is 0. The van der Waals surface area contributed by atoms with Crippen molar-refractivity contribution >= 4 is 12.6 Å². The molecule has 1 heteroatoms. The van der Waals surface area contributed by atoms with Gasteiger partial charge in [-0.05, 0) is 5.92 Å². The van der Waals surface area contributed by atoms with Crippen molar-refractivity contribution in [1.29, 1.82) is 0 Å². The molecule has 0 aromatic carbocycles. The number of rotatable bonds is 1. The van der Waals surface area contributed by atoms with E-state index in [-0.39, 0.29) is 0 Å². The van der Waals surface area contributed by atoms with E-state index in [1.807, 2.05) is 0 Å². The van der Waals surface area contributed by atoms with Crippen LogP contribution < -0.4 is 0 Å². The molecule has 0 heterocycles. The molecule has 0 spiro atoms. The van der Waals surface area contributed by atoms with Crippen molar-refractivity contribution in [2.45, 2.75) is 26.0 Å². The lowest BCUT2D eigenvalue weighted by atomic mass is 10.2. The van der Waals surface area contributed by atoms with Crippen LogP contribution >= 0.6 is 12.6 Å². The monoisotopic (exact) mass is 103 g/mol. The van der Waals surface area contributed by atoms with E-state index in [0.29, 0.717) is 11.2 Å². The standard InChI is InChI=1S/C5H11S/c1-4(2)5(3)6/h4-5H,1-3H3. The van der Waals surface area contributed by atoms with Crippen molar-refractivity contribution in [2.24, 2.45) is 5.92 Å². The molecule has 1 atom stereocenters. The zero-order valence-corrected chi connectivity index (χ0v) is 5.38. The van der Waals surface area contributed by atoms with Crippen LogP contribution in [0, 0.1) is 5.92 Å². The van der Waals surface area contributed by atoms with Gasteiger partial charge in [0.15, 0.2) is 0 Å². The van der Waals surface area contributed by atoms with Gasteiger partial charge < -0.3 is 0 Å². The van der Waals surface area contributed by atoms with Gasteiger partial charge in [-0.3, -0.25) is 0 Å². The van der Waals surface area contributed by atoms with Crippen molar-refractivity contribution in [3.63, 3.8) is 0 Å². The summed E-state index contributed by atoms with van der Waals surface area (Å²) in [5, 5.41) is 0.435. The first kappa shape index (κ1) is 6.35. The average Bonchev–Trinajstić information content (AvgIpc) is 1.36. The SMILES string of the molecule is CC(C)C(C)[S]. The fourth-order valence-corrected chi connectivity index (χ4v) is 0. The predicted molar refractivity (Wildman–Crippen MR) is 31.9 cm³/mol. The molecule has 1 unspecified atom stereocenters. The zero-order valence-electron chi connectivity index (χ0n) is 4.56. The van der Waals surface area contributed by atoms with Crippen LogP contribution in [0.5, 0.6) is 0 Å². The summed E-state index contributed by atoms with van der Waals surface area (Å²) >= 11 is 4.90. The summed E-state index contributed by atoms with van der Waals surface area (Å²) in [6.45, 7) is 6.33. The third-order valence-corrected chi connectivity index (χ3v) is 1.48. The summed E-state index contributed by atoms with van der Waals surface area (Å²) in [5.74, 6) is 0.667. The van der Waals surface area contributed by atoms with Gasteiger partial charge in [-0.2, -0.15) is 0 Å². The smallest absolute Gasteiger partial charge is 0.0146 e. The van der Waals surface area contributed by atoms with Gasteiger partial charge in [-0.1, -0.05) is 33.4 Å². The van der Waals surface area contributed by atoms with Crippen molar-refractivity contribution in [3.05, 3.63) is 0 Å². The molecule has 0 rings (SSSR count). The van der Waals surface area contributed by atoms with Crippen LogP contribution in [0.15, 0.2) is 0 Å². The van der Waals surface area contributed by atoms with E-state index in [1.54, 1.807) is 0 Å². The fraction of sp³-hybridized carbons (Fsp3) is 1.00. The Bertz CT molecular complexity index is 24.9. The second kappa shape index (κ2) is 2.51. The summed E-state index contributed by atoms with van der Waals surface area (Å²) in [7, 11) is 0. The molecule has 37 valence electrons. The van der Waals surface area contributed by atoms with Gasteiger partial charge in [0.1, 0.15) is 0 Å². The quantitative estimate of drug-likeness (QED) is 0.477. The van der Waals surface area contributed by atoms with E-state index >= 15 is 0 Å². The van der Waals surface area contributed by atoms with E-state index in [4.69, 9.17) is 12.6 Å². The molecule has 0 fully saturated rings. The molecule has 0 saturated carbocycles. The molecular formula is C5H11S. The maximum Gasteiger partial charge on any atom is 0.0146 e. The summed E-state index contributed by atoms with van der Waals surface area (Å²) in [6.07, 6.45) is 0. The maximum atomic E-state index is 4.90. The molecule has 0 aliphatic carbocycles. The van der Waals surface area contributed by atoms with Crippen LogP contribution in [0.25, 0.3) is 0 Å². The first-order chi connectivity index (χ1) is 2.64.